The lowest BCUT2D eigenvalue weighted by Gasteiger charge is -2.23. The van der Waals surface area contributed by atoms with Crippen LogP contribution in [0.5, 0.6) is 0 Å². The normalized spacial score (nSPS) is 11.8. The van der Waals surface area contributed by atoms with Crippen molar-refractivity contribution in [1.82, 2.24) is 4.90 Å². The number of anilines is 2. The maximum absolute atomic E-state index is 12.3. The Bertz CT molecular complexity index is 890. The molecule has 2 rings (SSSR count). The Kier molecular flexibility index (Phi) is 7.33. The highest BCUT2D eigenvalue weighted by atomic mass is 35.5. The van der Waals surface area contributed by atoms with Gasteiger partial charge in [0.05, 0.1) is 27.6 Å². The number of amides is 2. The first kappa shape index (κ1) is 21.6. The largest absolute Gasteiger partial charge is 0.325 e. The predicted molar refractivity (Wildman–Crippen MR) is 109 cm³/mol. The van der Waals surface area contributed by atoms with Crippen LogP contribution in [0.4, 0.5) is 17.1 Å². The predicted octanol–water partition coefficient (Wildman–Crippen LogP) is 3.80. The Hall–Kier alpha value is -2.68. The number of nitro benzene ring substituents is 1. The van der Waals surface area contributed by atoms with E-state index in [1.165, 1.54) is 30.3 Å². The SMILES string of the molecule is CC(C(=O)Nc1ccc([N+](=O)[O-])cc1)N(C)CC(=O)Nc1ccc(Cl)c(Cl)c1. The fourth-order valence-corrected chi connectivity index (χ4v) is 2.55. The summed E-state index contributed by atoms with van der Waals surface area (Å²) in [4.78, 5) is 36.2. The van der Waals surface area contributed by atoms with E-state index in [1.807, 2.05) is 0 Å². The lowest BCUT2D eigenvalue weighted by molar-refractivity contribution is -0.384. The van der Waals surface area contributed by atoms with Crippen molar-refractivity contribution < 1.29 is 14.5 Å². The summed E-state index contributed by atoms with van der Waals surface area (Å²) in [7, 11) is 1.63. The Balaban J connectivity index is 1.90. The zero-order chi connectivity index (χ0) is 20.8. The highest BCUT2D eigenvalue weighted by Gasteiger charge is 2.20. The molecule has 0 saturated heterocycles. The van der Waals surface area contributed by atoms with E-state index in [0.29, 0.717) is 21.4 Å². The molecule has 0 fully saturated rings. The zero-order valence-corrected chi connectivity index (χ0v) is 16.6. The van der Waals surface area contributed by atoms with Crippen LogP contribution < -0.4 is 10.6 Å². The molecule has 0 aromatic heterocycles. The van der Waals surface area contributed by atoms with Crippen LogP contribution in [0.3, 0.4) is 0 Å². The molecule has 2 aromatic carbocycles. The van der Waals surface area contributed by atoms with Gasteiger partial charge in [-0.15, -0.1) is 0 Å². The third-order valence-electron chi connectivity index (χ3n) is 3.98. The summed E-state index contributed by atoms with van der Waals surface area (Å²) in [6.45, 7) is 1.61. The summed E-state index contributed by atoms with van der Waals surface area (Å²) >= 11 is 11.8. The number of nitrogens with zero attached hydrogens (tertiary/aromatic N) is 2. The fraction of sp³-hybridized carbons (Fsp3) is 0.222. The summed E-state index contributed by atoms with van der Waals surface area (Å²) in [5.74, 6) is -0.672. The van der Waals surface area contributed by atoms with E-state index >= 15 is 0 Å². The third-order valence-corrected chi connectivity index (χ3v) is 4.72. The van der Waals surface area contributed by atoms with Gasteiger partial charge >= 0.3 is 0 Å². The van der Waals surface area contributed by atoms with Gasteiger partial charge in [-0.3, -0.25) is 24.6 Å². The second kappa shape index (κ2) is 9.50. The number of non-ortho nitro benzene ring substituents is 1. The topological polar surface area (TPSA) is 105 Å². The number of carbonyl (C=O) groups is 2. The lowest BCUT2D eigenvalue weighted by atomic mass is 10.2. The average Bonchev–Trinajstić information content (AvgIpc) is 2.64. The number of likely N-dealkylation sites (N-methyl/N-ethyl adjacent to an activating group) is 1. The van der Waals surface area contributed by atoms with Crippen LogP contribution in [0.15, 0.2) is 42.5 Å². The first-order chi connectivity index (χ1) is 13.2. The number of halogens is 2. The van der Waals surface area contributed by atoms with Gasteiger partial charge in [-0.05, 0) is 44.3 Å². The molecule has 0 bridgehead atoms. The Morgan fingerprint density at radius 2 is 1.68 bits per heavy atom. The highest BCUT2D eigenvalue weighted by molar-refractivity contribution is 6.42. The van der Waals surface area contributed by atoms with Crippen molar-refractivity contribution in [1.29, 1.82) is 0 Å². The van der Waals surface area contributed by atoms with Crippen molar-refractivity contribution in [3.8, 4) is 0 Å². The van der Waals surface area contributed by atoms with E-state index in [-0.39, 0.29) is 24.0 Å². The third kappa shape index (κ3) is 5.91. The number of benzene rings is 2. The maximum atomic E-state index is 12.3. The molecule has 2 aromatic rings. The van der Waals surface area contributed by atoms with Crippen LogP contribution in [-0.4, -0.2) is 41.3 Å². The fourth-order valence-electron chi connectivity index (χ4n) is 2.25. The van der Waals surface area contributed by atoms with Crippen LogP contribution >= 0.6 is 23.2 Å². The van der Waals surface area contributed by atoms with E-state index in [2.05, 4.69) is 10.6 Å². The van der Waals surface area contributed by atoms with Crippen molar-refractivity contribution >= 4 is 52.1 Å². The van der Waals surface area contributed by atoms with Crippen LogP contribution in [0.1, 0.15) is 6.92 Å². The van der Waals surface area contributed by atoms with E-state index in [0.717, 1.165) is 0 Å². The molecule has 28 heavy (non-hydrogen) atoms. The molecule has 0 aliphatic rings. The molecule has 1 atom stereocenters. The molecule has 2 amide bonds. The van der Waals surface area contributed by atoms with Gasteiger partial charge in [-0.25, -0.2) is 0 Å². The van der Waals surface area contributed by atoms with Crippen molar-refractivity contribution in [2.45, 2.75) is 13.0 Å². The number of hydrogen-bond acceptors (Lipinski definition) is 5. The Labute approximate surface area is 171 Å². The van der Waals surface area contributed by atoms with E-state index in [1.54, 1.807) is 31.0 Å². The zero-order valence-electron chi connectivity index (χ0n) is 15.1. The number of rotatable bonds is 7. The molecule has 0 spiro atoms. The first-order valence-electron chi connectivity index (χ1n) is 8.18. The molecule has 10 heteroatoms. The van der Waals surface area contributed by atoms with Crippen LogP contribution in [0, 0.1) is 10.1 Å². The summed E-state index contributed by atoms with van der Waals surface area (Å²) < 4.78 is 0. The van der Waals surface area contributed by atoms with E-state index in [9.17, 15) is 19.7 Å². The van der Waals surface area contributed by atoms with Crippen LogP contribution in [0.2, 0.25) is 10.0 Å². The molecule has 2 N–H and O–H groups in total. The van der Waals surface area contributed by atoms with Gasteiger partial charge in [0.1, 0.15) is 0 Å². The average molecular weight is 425 g/mol. The summed E-state index contributed by atoms with van der Waals surface area (Å²) in [5.41, 5.74) is 0.856. The van der Waals surface area contributed by atoms with Gasteiger partial charge in [-0.1, -0.05) is 23.2 Å². The number of nitrogens with one attached hydrogen (secondary N) is 2. The van der Waals surface area contributed by atoms with Crippen molar-refractivity contribution in [3.05, 3.63) is 62.6 Å². The standard InChI is InChI=1S/C18H18Cl2N4O4/c1-11(18(26)22-12-3-6-14(7-4-12)24(27)28)23(2)10-17(25)21-13-5-8-15(19)16(20)9-13/h3-9,11H,10H2,1-2H3,(H,21,25)(H,22,26). The van der Waals surface area contributed by atoms with Crippen LogP contribution in [0.25, 0.3) is 0 Å². The maximum Gasteiger partial charge on any atom is 0.269 e. The number of hydrogen-bond donors (Lipinski definition) is 2. The van der Waals surface area contributed by atoms with Crippen molar-refractivity contribution in [2.24, 2.45) is 0 Å². The van der Waals surface area contributed by atoms with Gasteiger partial charge in [0, 0.05) is 23.5 Å². The lowest BCUT2D eigenvalue weighted by Crippen LogP contribution is -2.43. The van der Waals surface area contributed by atoms with Gasteiger partial charge < -0.3 is 10.6 Å². The molecule has 1 unspecified atom stereocenters. The summed E-state index contributed by atoms with van der Waals surface area (Å²) in [6, 6.07) is 9.60. The van der Waals surface area contributed by atoms with E-state index < -0.39 is 11.0 Å². The minimum atomic E-state index is -0.616. The second-order valence-electron chi connectivity index (χ2n) is 6.06. The van der Waals surface area contributed by atoms with Gasteiger partial charge in [0.2, 0.25) is 11.8 Å². The monoisotopic (exact) mass is 424 g/mol. The Morgan fingerprint density at radius 1 is 1.07 bits per heavy atom. The summed E-state index contributed by atoms with van der Waals surface area (Å²) in [6.07, 6.45) is 0. The van der Waals surface area contributed by atoms with Gasteiger partial charge in [0.15, 0.2) is 0 Å². The van der Waals surface area contributed by atoms with Crippen LogP contribution in [-0.2, 0) is 9.59 Å². The molecule has 0 heterocycles. The van der Waals surface area contributed by atoms with Gasteiger partial charge in [-0.2, -0.15) is 0 Å². The molecule has 0 radical (unpaired) electrons. The highest BCUT2D eigenvalue weighted by Crippen LogP contribution is 2.25. The molecule has 0 aliphatic heterocycles. The van der Waals surface area contributed by atoms with Gasteiger partial charge in [0.25, 0.3) is 5.69 Å². The molecule has 0 saturated carbocycles. The quantitative estimate of drug-likeness (QED) is 0.519. The first-order valence-corrected chi connectivity index (χ1v) is 8.93. The minimum Gasteiger partial charge on any atom is -0.325 e. The molecular formula is C18H18Cl2N4O4. The number of nitro groups is 1. The Morgan fingerprint density at radius 3 is 2.25 bits per heavy atom. The smallest absolute Gasteiger partial charge is 0.269 e. The molecule has 148 valence electrons. The molecule has 0 aliphatic carbocycles. The number of carbonyl (C=O) groups excluding carboxylic acids is 2. The second-order valence-corrected chi connectivity index (χ2v) is 6.88. The molecular weight excluding hydrogens is 407 g/mol. The van der Waals surface area contributed by atoms with E-state index in [4.69, 9.17) is 23.2 Å². The summed E-state index contributed by atoms with van der Waals surface area (Å²) in [5, 5.41) is 16.7. The minimum absolute atomic E-state index is 0.0326. The molecule has 8 nitrogen and oxygen atoms in total. The van der Waals surface area contributed by atoms with Crippen molar-refractivity contribution in [2.75, 3.05) is 24.2 Å². The van der Waals surface area contributed by atoms with Crippen molar-refractivity contribution in [3.63, 3.8) is 0 Å².